The molecule has 0 fully saturated rings. The van der Waals surface area contributed by atoms with Crippen molar-refractivity contribution in [3.05, 3.63) is 35.4 Å². The van der Waals surface area contributed by atoms with E-state index in [4.69, 9.17) is 5.11 Å². The molecule has 17 heavy (non-hydrogen) atoms. The quantitative estimate of drug-likeness (QED) is 0.554. The SMILES string of the molecule is Cc1ccc(C(=O)NNC(O)C(F)(F)F)cc1. The molecule has 4 nitrogen and oxygen atoms in total. The molecule has 1 aromatic rings. The summed E-state index contributed by atoms with van der Waals surface area (Å²) < 4.78 is 35.7. The zero-order valence-electron chi connectivity index (χ0n) is 8.88. The highest BCUT2D eigenvalue weighted by atomic mass is 19.4. The molecule has 94 valence electrons. The van der Waals surface area contributed by atoms with E-state index >= 15 is 0 Å². The topological polar surface area (TPSA) is 61.4 Å². The molecule has 0 bridgehead atoms. The Labute approximate surface area is 95.4 Å². The summed E-state index contributed by atoms with van der Waals surface area (Å²) in [6, 6.07) is 6.23. The molecule has 0 heterocycles. The van der Waals surface area contributed by atoms with E-state index in [1.165, 1.54) is 17.6 Å². The maximum Gasteiger partial charge on any atom is 0.429 e. The van der Waals surface area contributed by atoms with Crippen LogP contribution in [0, 0.1) is 6.92 Å². The van der Waals surface area contributed by atoms with Crippen LogP contribution in [0.4, 0.5) is 13.2 Å². The van der Waals surface area contributed by atoms with Crippen molar-refractivity contribution in [3.63, 3.8) is 0 Å². The minimum atomic E-state index is -4.83. The van der Waals surface area contributed by atoms with Crippen LogP contribution in [0.3, 0.4) is 0 Å². The molecular weight excluding hydrogens is 237 g/mol. The number of benzene rings is 1. The molecule has 0 spiro atoms. The Kier molecular flexibility index (Phi) is 4.08. The van der Waals surface area contributed by atoms with E-state index in [0.29, 0.717) is 0 Å². The summed E-state index contributed by atoms with van der Waals surface area (Å²) in [7, 11) is 0. The number of hydrazine groups is 1. The Hall–Kier alpha value is -1.60. The average molecular weight is 248 g/mol. The maximum atomic E-state index is 11.9. The van der Waals surface area contributed by atoms with Crippen LogP contribution >= 0.6 is 0 Å². The van der Waals surface area contributed by atoms with Crippen LogP contribution in [-0.4, -0.2) is 23.4 Å². The average Bonchev–Trinajstić information content (AvgIpc) is 2.25. The number of nitrogens with one attached hydrogen (secondary N) is 2. The van der Waals surface area contributed by atoms with E-state index in [0.717, 1.165) is 5.56 Å². The molecule has 1 unspecified atom stereocenters. The maximum absolute atomic E-state index is 11.9. The third kappa shape index (κ3) is 4.04. The van der Waals surface area contributed by atoms with Crippen molar-refractivity contribution in [2.45, 2.75) is 19.3 Å². The highest BCUT2D eigenvalue weighted by Gasteiger charge is 2.38. The standard InChI is InChI=1S/C10H11F3N2O2/c1-6-2-4-7(5-3-6)8(16)14-15-9(17)10(11,12)13/h2-5,9,15,17H,1H3,(H,14,16). The predicted octanol–water partition coefficient (Wildman–Crippen LogP) is 1.11. The van der Waals surface area contributed by atoms with Gasteiger partial charge in [0.15, 0.2) is 0 Å². The second-order valence-corrected chi connectivity index (χ2v) is 3.41. The third-order valence-electron chi connectivity index (χ3n) is 1.95. The summed E-state index contributed by atoms with van der Waals surface area (Å²) in [4.78, 5) is 11.3. The van der Waals surface area contributed by atoms with Crippen molar-refractivity contribution < 1.29 is 23.1 Å². The van der Waals surface area contributed by atoms with Crippen molar-refractivity contribution >= 4 is 5.91 Å². The van der Waals surface area contributed by atoms with Gasteiger partial charge in [-0.05, 0) is 19.1 Å². The highest BCUT2D eigenvalue weighted by molar-refractivity contribution is 5.93. The normalized spacial score (nSPS) is 13.2. The lowest BCUT2D eigenvalue weighted by Crippen LogP contribution is -2.51. The summed E-state index contributed by atoms with van der Waals surface area (Å²) in [6.45, 7) is 1.81. The third-order valence-corrected chi connectivity index (χ3v) is 1.95. The fraction of sp³-hybridized carbons (Fsp3) is 0.300. The number of hydrogen-bond acceptors (Lipinski definition) is 3. The molecule has 0 saturated carbocycles. The van der Waals surface area contributed by atoms with Gasteiger partial charge >= 0.3 is 6.18 Å². The summed E-state index contributed by atoms with van der Waals surface area (Å²) in [6.07, 6.45) is -7.63. The van der Waals surface area contributed by atoms with Gasteiger partial charge in [0.25, 0.3) is 5.91 Å². The molecule has 7 heteroatoms. The summed E-state index contributed by atoms with van der Waals surface area (Å²) in [5.41, 5.74) is 4.35. The van der Waals surface area contributed by atoms with Gasteiger partial charge < -0.3 is 5.11 Å². The van der Waals surface area contributed by atoms with Crippen LogP contribution in [-0.2, 0) is 0 Å². The lowest BCUT2D eigenvalue weighted by molar-refractivity contribution is -0.215. The van der Waals surface area contributed by atoms with Gasteiger partial charge in [-0.1, -0.05) is 17.7 Å². The van der Waals surface area contributed by atoms with E-state index < -0.39 is 18.3 Å². The first-order valence-electron chi connectivity index (χ1n) is 4.68. The first-order chi connectivity index (χ1) is 7.80. The van der Waals surface area contributed by atoms with Crippen LogP contribution in [0.15, 0.2) is 24.3 Å². The molecule has 3 N–H and O–H groups in total. The fourth-order valence-electron chi connectivity index (χ4n) is 0.993. The molecule has 0 aromatic heterocycles. The van der Waals surface area contributed by atoms with E-state index in [1.54, 1.807) is 17.6 Å². The summed E-state index contributed by atoms with van der Waals surface area (Å²) in [5.74, 6) is -0.756. The molecule has 1 atom stereocenters. The number of halogens is 3. The monoisotopic (exact) mass is 248 g/mol. The van der Waals surface area contributed by atoms with Crippen molar-refractivity contribution in [1.29, 1.82) is 0 Å². The molecule has 1 amide bonds. The van der Waals surface area contributed by atoms with E-state index in [2.05, 4.69) is 0 Å². The Bertz CT molecular complexity index is 390. The molecule has 0 aliphatic carbocycles. The first-order valence-corrected chi connectivity index (χ1v) is 4.68. The Morgan fingerprint density at radius 2 is 1.82 bits per heavy atom. The van der Waals surface area contributed by atoms with Gasteiger partial charge in [0.05, 0.1) is 0 Å². The number of alkyl halides is 3. The first kappa shape index (κ1) is 13.5. The molecule has 1 rings (SSSR count). The smallest absolute Gasteiger partial charge is 0.369 e. The zero-order valence-corrected chi connectivity index (χ0v) is 8.88. The predicted molar refractivity (Wildman–Crippen MR) is 53.8 cm³/mol. The van der Waals surface area contributed by atoms with E-state index in [1.807, 2.05) is 6.92 Å². The minimum absolute atomic E-state index is 0.192. The van der Waals surface area contributed by atoms with Crippen LogP contribution in [0.5, 0.6) is 0 Å². The lowest BCUT2D eigenvalue weighted by atomic mass is 10.1. The Morgan fingerprint density at radius 3 is 2.29 bits per heavy atom. The number of aliphatic hydroxyl groups is 1. The van der Waals surface area contributed by atoms with Gasteiger partial charge in [-0.3, -0.25) is 10.2 Å². The number of aliphatic hydroxyl groups excluding tert-OH is 1. The fourth-order valence-corrected chi connectivity index (χ4v) is 0.993. The molecular formula is C10H11F3N2O2. The zero-order chi connectivity index (χ0) is 13.1. The summed E-state index contributed by atoms with van der Waals surface area (Å²) in [5, 5.41) is 8.57. The van der Waals surface area contributed by atoms with Crippen molar-refractivity contribution in [3.8, 4) is 0 Å². The van der Waals surface area contributed by atoms with Crippen LogP contribution < -0.4 is 10.9 Å². The second kappa shape index (κ2) is 5.15. The number of rotatable bonds is 3. The van der Waals surface area contributed by atoms with Gasteiger partial charge in [0, 0.05) is 5.56 Å². The minimum Gasteiger partial charge on any atom is -0.369 e. The largest absolute Gasteiger partial charge is 0.429 e. The second-order valence-electron chi connectivity index (χ2n) is 3.41. The van der Waals surface area contributed by atoms with Gasteiger partial charge in [0.1, 0.15) is 0 Å². The van der Waals surface area contributed by atoms with Crippen LogP contribution in [0.25, 0.3) is 0 Å². The molecule has 0 aliphatic heterocycles. The Balaban J connectivity index is 2.53. The van der Waals surface area contributed by atoms with Crippen molar-refractivity contribution in [2.24, 2.45) is 0 Å². The van der Waals surface area contributed by atoms with E-state index in [9.17, 15) is 18.0 Å². The number of hydrogen-bond donors (Lipinski definition) is 3. The molecule has 0 radical (unpaired) electrons. The van der Waals surface area contributed by atoms with Gasteiger partial charge in [-0.15, -0.1) is 0 Å². The number of aryl methyl sites for hydroxylation is 1. The molecule has 1 aromatic carbocycles. The van der Waals surface area contributed by atoms with Crippen molar-refractivity contribution in [2.75, 3.05) is 0 Å². The number of carbonyl (C=O) groups excluding carboxylic acids is 1. The Morgan fingerprint density at radius 1 is 1.29 bits per heavy atom. The van der Waals surface area contributed by atoms with E-state index in [-0.39, 0.29) is 5.56 Å². The van der Waals surface area contributed by atoms with Crippen LogP contribution in [0.2, 0.25) is 0 Å². The van der Waals surface area contributed by atoms with Gasteiger partial charge in [-0.25, -0.2) is 0 Å². The van der Waals surface area contributed by atoms with Gasteiger partial charge in [-0.2, -0.15) is 18.6 Å². The molecule has 0 aliphatic rings. The molecule has 0 saturated heterocycles. The van der Waals surface area contributed by atoms with Crippen molar-refractivity contribution in [1.82, 2.24) is 10.9 Å². The number of amides is 1. The highest BCUT2D eigenvalue weighted by Crippen LogP contribution is 2.17. The van der Waals surface area contributed by atoms with Gasteiger partial charge in [0.2, 0.25) is 6.23 Å². The lowest BCUT2D eigenvalue weighted by Gasteiger charge is -2.16. The van der Waals surface area contributed by atoms with Crippen LogP contribution in [0.1, 0.15) is 15.9 Å². The number of carbonyl (C=O) groups is 1. The summed E-state index contributed by atoms with van der Waals surface area (Å²) >= 11 is 0.